The molecule has 4 heteroatoms. The fourth-order valence-electron chi connectivity index (χ4n) is 2.82. The molecule has 0 saturated heterocycles. The Kier molecular flexibility index (Phi) is 5.59. The molecule has 1 atom stereocenters. The number of hydrogen-bond donors (Lipinski definition) is 2. The molecule has 0 spiro atoms. The van der Waals surface area contributed by atoms with Crippen LogP contribution in [0.4, 0.5) is 0 Å². The number of fused-ring (bicyclic) bond motifs is 1. The van der Waals surface area contributed by atoms with Gasteiger partial charge in [0, 0.05) is 23.0 Å². The van der Waals surface area contributed by atoms with Gasteiger partial charge < -0.3 is 10.3 Å². The highest BCUT2D eigenvalue weighted by atomic mass is 16.2. The fourth-order valence-corrected chi connectivity index (χ4v) is 2.82. The van der Waals surface area contributed by atoms with Crippen LogP contribution in [-0.2, 0) is 16.0 Å². The molecule has 0 aliphatic carbocycles. The Morgan fingerprint density at radius 1 is 1.13 bits per heavy atom. The van der Waals surface area contributed by atoms with E-state index in [1.807, 2.05) is 44.3 Å². The Bertz CT molecular complexity index is 685. The lowest BCUT2D eigenvalue weighted by Gasteiger charge is -2.21. The number of H-pyrrole nitrogens is 1. The molecule has 1 aromatic heterocycles. The normalized spacial score (nSPS) is 12.8. The first-order valence-corrected chi connectivity index (χ1v) is 8.26. The molecule has 2 N–H and O–H groups in total. The van der Waals surface area contributed by atoms with Crippen molar-refractivity contribution in [3.05, 3.63) is 36.0 Å². The Labute approximate surface area is 137 Å². The smallest absolute Gasteiger partial charge is 0.225 e. The number of rotatable bonds is 7. The minimum absolute atomic E-state index is 0.0767. The number of benzene rings is 1. The van der Waals surface area contributed by atoms with Gasteiger partial charge in [-0.15, -0.1) is 0 Å². The second-order valence-electron chi connectivity index (χ2n) is 6.84. The predicted octanol–water partition coefficient (Wildman–Crippen LogP) is 3.47. The van der Waals surface area contributed by atoms with Crippen molar-refractivity contribution < 1.29 is 9.59 Å². The Hall–Kier alpha value is -2.10. The van der Waals surface area contributed by atoms with Crippen LogP contribution >= 0.6 is 0 Å². The van der Waals surface area contributed by atoms with E-state index in [1.165, 1.54) is 0 Å². The number of amides is 1. The second kappa shape index (κ2) is 7.44. The van der Waals surface area contributed by atoms with Crippen LogP contribution in [0, 0.1) is 11.8 Å². The SMILES string of the molecule is CC(C)C[C@H](NC(=O)Cc1c[nH]c2ccccc12)C(=O)C(C)C. The molecular formula is C19H26N2O2. The lowest BCUT2D eigenvalue weighted by molar-refractivity contribution is -0.129. The van der Waals surface area contributed by atoms with Crippen LogP contribution in [0.5, 0.6) is 0 Å². The molecule has 2 aromatic rings. The minimum Gasteiger partial charge on any atom is -0.361 e. The van der Waals surface area contributed by atoms with E-state index in [9.17, 15) is 9.59 Å². The lowest BCUT2D eigenvalue weighted by atomic mass is 9.94. The van der Waals surface area contributed by atoms with Crippen LogP contribution in [0.25, 0.3) is 10.9 Å². The highest BCUT2D eigenvalue weighted by molar-refractivity contribution is 5.93. The molecule has 0 bridgehead atoms. The Morgan fingerprint density at radius 2 is 1.83 bits per heavy atom. The molecule has 2 rings (SSSR count). The summed E-state index contributed by atoms with van der Waals surface area (Å²) in [5.74, 6) is 0.281. The topological polar surface area (TPSA) is 62.0 Å². The Morgan fingerprint density at radius 3 is 2.48 bits per heavy atom. The van der Waals surface area contributed by atoms with Crippen molar-refractivity contribution >= 4 is 22.6 Å². The standard InChI is InChI=1S/C19H26N2O2/c1-12(2)9-17(19(23)13(3)4)21-18(22)10-14-11-20-16-8-6-5-7-15(14)16/h5-8,11-13,17,20H,9-10H2,1-4H3,(H,21,22)/t17-/m0/s1. The molecule has 0 fully saturated rings. The van der Waals surface area contributed by atoms with Crippen molar-refractivity contribution in [1.82, 2.24) is 10.3 Å². The molecule has 23 heavy (non-hydrogen) atoms. The fraction of sp³-hybridized carbons (Fsp3) is 0.474. The van der Waals surface area contributed by atoms with Crippen LogP contribution < -0.4 is 5.32 Å². The highest BCUT2D eigenvalue weighted by Gasteiger charge is 2.24. The van der Waals surface area contributed by atoms with Gasteiger partial charge in [0.25, 0.3) is 0 Å². The third-order valence-electron chi connectivity index (χ3n) is 3.98. The summed E-state index contributed by atoms with van der Waals surface area (Å²) in [6, 6.07) is 7.51. The number of aromatic amines is 1. The number of para-hydroxylation sites is 1. The van der Waals surface area contributed by atoms with E-state index in [2.05, 4.69) is 24.1 Å². The number of aromatic nitrogens is 1. The molecule has 0 aliphatic rings. The summed E-state index contributed by atoms with van der Waals surface area (Å²) in [7, 11) is 0. The van der Waals surface area contributed by atoms with Crippen LogP contribution in [-0.4, -0.2) is 22.7 Å². The van der Waals surface area contributed by atoms with Gasteiger partial charge in [-0.05, 0) is 24.0 Å². The molecule has 4 nitrogen and oxygen atoms in total. The number of hydrogen-bond acceptors (Lipinski definition) is 2. The van der Waals surface area contributed by atoms with E-state index in [4.69, 9.17) is 0 Å². The quantitative estimate of drug-likeness (QED) is 0.822. The van der Waals surface area contributed by atoms with Gasteiger partial charge in [-0.1, -0.05) is 45.9 Å². The predicted molar refractivity (Wildman–Crippen MR) is 93.2 cm³/mol. The third kappa shape index (κ3) is 4.44. The van der Waals surface area contributed by atoms with Crippen molar-refractivity contribution in [3.63, 3.8) is 0 Å². The maximum atomic E-state index is 12.4. The second-order valence-corrected chi connectivity index (χ2v) is 6.84. The van der Waals surface area contributed by atoms with Gasteiger partial charge in [-0.3, -0.25) is 9.59 Å². The van der Waals surface area contributed by atoms with Crippen molar-refractivity contribution in [1.29, 1.82) is 0 Å². The van der Waals surface area contributed by atoms with Gasteiger partial charge in [0.1, 0.15) is 0 Å². The summed E-state index contributed by atoms with van der Waals surface area (Å²) < 4.78 is 0. The van der Waals surface area contributed by atoms with Gasteiger partial charge in [-0.25, -0.2) is 0 Å². The Balaban J connectivity index is 2.08. The maximum absolute atomic E-state index is 12.4. The molecule has 1 amide bonds. The van der Waals surface area contributed by atoms with Gasteiger partial charge in [0.2, 0.25) is 5.91 Å². The summed E-state index contributed by atoms with van der Waals surface area (Å²) in [5.41, 5.74) is 1.98. The molecular weight excluding hydrogens is 288 g/mol. The molecule has 1 heterocycles. The monoisotopic (exact) mass is 314 g/mol. The molecule has 124 valence electrons. The zero-order valence-corrected chi connectivity index (χ0v) is 14.3. The van der Waals surface area contributed by atoms with E-state index in [0.29, 0.717) is 12.3 Å². The van der Waals surface area contributed by atoms with E-state index in [0.717, 1.165) is 16.5 Å². The lowest BCUT2D eigenvalue weighted by Crippen LogP contribution is -2.44. The number of carbonyl (C=O) groups is 2. The van der Waals surface area contributed by atoms with Gasteiger partial charge >= 0.3 is 0 Å². The molecule has 1 aromatic carbocycles. The maximum Gasteiger partial charge on any atom is 0.225 e. The minimum atomic E-state index is -0.396. The van der Waals surface area contributed by atoms with E-state index in [-0.39, 0.29) is 24.0 Å². The summed E-state index contributed by atoms with van der Waals surface area (Å²) in [5, 5.41) is 3.98. The summed E-state index contributed by atoms with van der Waals surface area (Å²) in [6.07, 6.45) is 2.83. The molecule has 0 saturated carbocycles. The first kappa shape index (κ1) is 17.3. The van der Waals surface area contributed by atoms with E-state index < -0.39 is 6.04 Å². The number of Topliss-reactive ketones (excluding diaryl/α,β-unsaturated/α-hetero) is 1. The van der Waals surface area contributed by atoms with Crippen molar-refractivity contribution in [3.8, 4) is 0 Å². The molecule has 0 unspecified atom stereocenters. The van der Waals surface area contributed by atoms with Crippen LogP contribution in [0.15, 0.2) is 30.5 Å². The van der Waals surface area contributed by atoms with Gasteiger partial charge in [-0.2, -0.15) is 0 Å². The number of carbonyl (C=O) groups excluding carboxylic acids is 2. The average Bonchev–Trinajstić information content (AvgIpc) is 2.88. The largest absolute Gasteiger partial charge is 0.361 e. The van der Waals surface area contributed by atoms with Crippen molar-refractivity contribution in [2.24, 2.45) is 11.8 Å². The van der Waals surface area contributed by atoms with Gasteiger partial charge in [0.15, 0.2) is 5.78 Å². The molecule has 0 radical (unpaired) electrons. The first-order valence-electron chi connectivity index (χ1n) is 8.26. The van der Waals surface area contributed by atoms with E-state index >= 15 is 0 Å². The summed E-state index contributed by atoms with van der Waals surface area (Å²) in [6.45, 7) is 7.88. The highest BCUT2D eigenvalue weighted by Crippen LogP contribution is 2.18. The van der Waals surface area contributed by atoms with Gasteiger partial charge in [0.05, 0.1) is 12.5 Å². The molecule has 0 aliphatic heterocycles. The zero-order valence-electron chi connectivity index (χ0n) is 14.3. The van der Waals surface area contributed by atoms with E-state index in [1.54, 1.807) is 0 Å². The van der Waals surface area contributed by atoms with Crippen LogP contribution in [0.1, 0.15) is 39.7 Å². The third-order valence-corrected chi connectivity index (χ3v) is 3.98. The van der Waals surface area contributed by atoms with Crippen molar-refractivity contribution in [2.45, 2.75) is 46.6 Å². The number of ketones is 1. The first-order chi connectivity index (χ1) is 10.9. The average molecular weight is 314 g/mol. The van der Waals surface area contributed by atoms with Crippen LogP contribution in [0.3, 0.4) is 0 Å². The number of nitrogens with one attached hydrogen (secondary N) is 2. The summed E-state index contributed by atoms with van der Waals surface area (Å²) >= 11 is 0. The zero-order chi connectivity index (χ0) is 17.0. The summed E-state index contributed by atoms with van der Waals surface area (Å²) in [4.78, 5) is 27.9. The van der Waals surface area contributed by atoms with Crippen molar-refractivity contribution in [2.75, 3.05) is 0 Å². The van der Waals surface area contributed by atoms with Crippen LogP contribution in [0.2, 0.25) is 0 Å².